The van der Waals surface area contributed by atoms with Gasteiger partial charge in [-0.15, -0.1) is 0 Å². The second-order valence-corrected chi connectivity index (χ2v) is 4.31. The monoisotopic (exact) mass is 281 g/mol. The quantitative estimate of drug-likeness (QED) is 0.567. The van der Waals surface area contributed by atoms with Gasteiger partial charge in [0, 0.05) is 17.0 Å². The van der Waals surface area contributed by atoms with Crippen molar-refractivity contribution in [2.75, 3.05) is 0 Å². The van der Waals surface area contributed by atoms with E-state index < -0.39 is 5.91 Å². The molecule has 0 saturated carbocycles. The molecule has 0 fully saturated rings. The van der Waals surface area contributed by atoms with E-state index in [-0.39, 0.29) is 11.1 Å². The summed E-state index contributed by atoms with van der Waals surface area (Å²) >= 11 is 0. The smallest absolute Gasteiger partial charge is 0.272 e. The molecular formula is C15H11N3O3. The number of hydrogen-bond donors (Lipinski definition) is 2. The molecule has 2 heterocycles. The molecule has 6 heteroatoms. The van der Waals surface area contributed by atoms with Gasteiger partial charge in [0.1, 0.15) is 5.76 Å². The topological polar surface area (TPSA) is 87.5 Å². The van der Waals surface area contributed by atoms with Crippen LogP contribution in [0.15, 0.2) is 63.0 Å². The third kappa shape index (κ3) is 2.74. The maximum Gasteiger partial charge on any atom is 0.272 e. The lowest BCUT2D eigenvalue weighted by Crippen LogP contribution is -2.20. The molecule has 1 amide bonds. The van der Waals surface area contributed by atoms with Gasteiger partial charge in [-0.25, -0.2) is 5.43 Å². The van der Waals surface area contributed by atoms with E-state index in [1.807, 2.05) is 0 Å². The Morgan fingerprint density at radius 1 is 1.24 bits per heavy atom. The first kappa shape index (κ1) is 12.9. The molecule has 0 unspecified atom stereocenters. The fourth-order valence-corrected chi connectivity index (χ4v) is 1.97. The molecule has 0 aliphatic heterocycles. The minimum Gasteiger partial charge on any atom is -0.463 e. The Morgan fingerprint density at radius 3 is 2.90 bits per heavy atom. The summed E-state index contributed by atoms with van der Waals surface area (Å²) in [6.07, 6.45) is 2.89. The van der Waals surface area contributed by atoms with Crippen molar-refractivity contribution in [3.8, 4) is 0 Å². The number of hydrazone groups is 1. The summed E-state index contributed by atoms with van der Waals surface area (Å²) in [7, 11) is 0. The minimum atomic E-state index is -0.458. The number of amides is 1. The Labute approximate surface area is 119 Å². The molecule has 0 radical (unpaired) electrons. The molecule has 1 aromatic carbocycles. The number of hydrogen-bond acceptors (Lipinski definition) is 4. The predicted octanol–water partition coefficient (Wildman–Crippen LogP) is 1.89. The predicted molar refractivity (Wildman–Crippen MR) is 78.3 cm³/mol. The number of carbonyl (C=O) groups excluding carboxylic acids is 1. The first-order valence-corrected chi connectivity index (χ1v) is 6.23. The molecule has 0 atom stereocenters. The van der Waals surface area contributed by atoms with E-state index in [4.69, 9.17) is 4.42 Å². The van der Waals surface area contributed by atoms with Crippen molar-refractivity contribution in [3.05, 3.63) is 70.4 Å². The maximum absolute atomic E-state index is 12.1. The SMILES string of the molecule is O=C(NN=Cc1ccco1)c1cc(=O)[nH]c2ccccc12. The largest absolute Gasteiger partial charge is 0.463 e. The van der Waals surface area contributed by atoms with Crippen molar-refractivity contribution < 1.29 is 9.21 Å². The number of pyridine rings is 1. The van der Waals surface area contributed by atoms with Crippen LogP contribution in [0.5, 0.6) is 0 Å². The summed E-state index contributed by atoms with van der Waals surface area (Å²) < 4.78 is 5.05. The third-order valence-corrected chi connectivity index (χ3v) is 2.90. The molecule has 3 rings (SSSR count). The molecule has 6 nitrogen and oxygen atoms in total. The number of benzene rings is 1. The van der Waals surface area contributed by atoms with Gasteiger partial charge in [-0.2, -0.15) is 5.10 Å². The van der Waals surface area contributed by atoms with Crippen LogP contribution in [0.3, 0.4) is 0 Å². The molecule has 2 aromatic heterocycles. The van der Waals surface area contributed by atoms with Crippen LogP contribution in [0, 0.1) is 0 Å². The average Bonchev–Trinajstić information content (AvgIpc) is 2.99. The van der Waals surface area contributed by atoms with Crippen LogP contribution < -0.4 is 11.0 Å². The average molecular weight is 281 g/mol. The number of para-hydroxylation sites is 1. The van der Waals surface area contributed by atoms with Gasteiger partial charge in [-0.05, 0) is 18.2 Å². The summed E-state index contributed by atoms with van der Waals surface area (Å²) in [6, 6.07) is 11.8. The van der Waals surface area contributed by atoms with Crippen LogP contribution in [0.4, 0.5) is 0 Å². The van der Waals surface area contributed by atoms with Gasteiger partial charge in [0.25, 0.3) is 5.91 Å². The number of nitrogens with zero attached hydrogens (tertiary/aromatic N) is 1. The summed E-state index contributed by atoms with van der Waals surface area (Å²) in [6.45, 7) is 0. The van der Waals surface area contributed by atoms with Crippen molar-refractivity contribution in [3.63, 3.8) is 0 Å². The molecule has 2 N–H and O–H groups in total. The van der Waals surface area contributed by atoms with Crippen LogP contribution in [-0.2, 0) is 0 Å². The third-order valence-electron chi connectivity index (χ3n) is 2.90. The molecule has 3 aromatic rings. The number of fused-ring (bicyclic) bond motifs is 1. The Balaban J connectivity index is 1.89. The Morgan fingerprint density at radius 2 is 2.10 bits per heavy atom. The van der Waals surface area contributed by atoms with Crippen molar-refractivity contribution >= 4 is 23.0 Å². The van der Waals surface area contributed by atoms with Gasteiger partial charge in [-0.1, -0.05) is 18.2 Å². The Bertz CT molecular complexity index is 863. The highest BCUT2D eigenvalue weighted by Crippen LogP contribution is 2.14. The minimum absolute atomic E-state index is 0.269. The Hall–Kier alpha value is -3.15. The maximum atomic E-state index is 12.1. The van der Waals surface area contributed by atoms with E-state index in [0.717, 1.165) is 0 Å². The van der Waals surface area contributed by atoms with Crippen LogP contribution >= 0.6 is 0 Å². The summed E-state index contributed by atoms with van der Waals surface area (Å²) in [5.74, 6) is 0.0613. The fraction of sp³-hybridized carbons (Fsp3) is 0. The molecule has 104 valence electrons. The first-order chi connectivity index (χ1) is 10.2. The van der Waals surface area contributed by atoms with Crippen LogP contribution in [-0.4, -0.2) is 17.1 Å². The number of H-pyrrole nitrogens is 1. The second kappa shape index (κ2) is 5.46. The van der Waals surface area contributed by atoms with E-state index in [9.17, 15) is 9.59 Å². The second-order valence-electron chi connectivity index (χ2n) is 4.31. The lowest BCUT2D eigenvalue weighted by Gasteiger charge is -2.04. The van der Waals surface area contributed by atoms with Crippen molar-refractivity contribution in [1.29, 1.82) is 0 Å². The highest BCUT2D eigenvalue weighted by atomic mass is 16.3. The molecule has 21 heavy (non-hydrogen) atoms. The van der Waals surface area contributed by atoms with Crippen LogP contribution in [0.2, 0.25) is 0 Å². The summed E-state index contributed by atoms with van der Waals surface area (Å²) in [5.41, 5.74) is 2.91. The van der Waals surface area contributed by atoms with E-state index >= 15 is 0 Å². The van der Waals surface area contributed by atoms with Crippen LogP contribution in [0.25, 0.3) is 10.9 Å². The molecule has 0 bridgehead atoms. The normalized spacial score (nSPS) is 11.0. The highest BCUT2D eigenvalue weighted by molar-refractivity contribution is 6.06. The highest BCUT2D eigenvalue weighted by Gasteiger charge is 2.10. The van der Waals surface area contributed by atoms with Gasteiger partial charge < -0.3 is 9.40 Å². The van der Waals surface area contributed by atoms with E-state index in [1.54, 1.807) is 36.4 Å². The molecule has 0 saturated heterocycles. The number of rotatable bonds is 3. The summed E-state index contributed by atoms with van der Waals surface area (Å²) in [4.78, 5) is 26.4. The molecular weight excluding hydrogens is 270 g/mol. The first-order valence-electron chi connectivity index (χ1n) is 6.23. The van der Waals surface area contributed by atoms with Gasteiger partial charge in [0.2, 0.25) is 5.56 Å². The zero-order valence-corrected chi connectivity index (χ0v) is 10.9. The molecule has 0 aliphatic rings. The standard InChI is InChI=1S/C15H11N3O3/c19-14-8-12(11-5-1-2-6-13(11)17-14)15(20)18-16-9-10-4-3-7-21-10/h1-9H,(H,17,19)(H,18,20). The number of nitrogens with one attached hydrogen (secondary N) is 2. The zero-order valence-electron chi connectivity index (χ0n) is 10.9. The van der Waals surface area contributed by atoms with E-state index in [0.29, 0.717) is 16.7 Å². The van der Waals surface area contributed by atoms with Crippen molar-refractivity contribution in [1.82, 2.24) is 10.4 Å². The van der Waals surface area contributed by atoms with Crippen molar-refractivity contribution in [2.45, 2.75) is 0 Å². The molecule has 0 aliphatic carbocycles. The molecule has 0 spiro atoms. The van der Waals surface area contributed by atoms with Crippen LogP contribution in [0.1, 0.15) is 16.1 Å². The van der Waals surface area contributed by atoms with Crippen molar-refractivity contribution in [2.24, 2.45) is 5.10 Å². The number of aromatic nitrogens is 1. The summed E-state index contributed by atoms with van der Waals surface area (Å²) in [5, 5.41) is 4.45. The zero-order chi connectivity index (χ0) is 14.7. The van der Waals surface area contributed by atoms with E-state index in [1.165, 1.54) is 18.5 Å². The van der Waals surface area contributed by atoms with Gasteiger partial charge in [0.05, 0.1) is 18.0 Å². The van der Waals surface area contributed by atoms with E-state index in [2.05, 4.69) is 15.5 Å². The lowest BCUT2D eigenvalue weighted by molar-refractivity contribution is 0.0956. The Kier molecular flexibility index (Phi) is 3.34. The lowest BCUT2D eigenvalue weighted by atomic mass is 10.1. The van der Waals surface area contributed by atoms with Gasteiger partial charge in [-0.3, -0.25) is 9.59 Å². The fourth-order valence-electron chi connectivity index (χ4n) is 1.97. The number of carbonyl (C=O) groups is 1. The number of furan rings is 1. The van der Waals surface area contributed by atoms with Gasteiger partial charge in [0.15, 0.2) is 0 Å². The van der Waals surface area contributed by atoms with Gasteiger partial charge >= 0.3 is 0 Å². The number of aromatic amines is 1.